The van der Waals surface area contributed by atoms with Crippen molar-refractivity contribution >= 4 is 29.5 Å². The van der Waals surface area contributed by atoms with Gasteiger partial charge in [-0.1, -0.05) is 69.3 Å². The highest BCUT2D eigenvalue weighted by Crippen LogP contribution is 2.69. The molecule has 3 aliphatic rings. The SMILES string of the molecule is C=CCOC(=O)[C@@H]1[C@H]2C(=O)N([C@H](CO)c3ccccc3)C(C(=O)N(CC=C)C(C)CCC)C23S[C@@H]1CC3C. The minimum absolute atomic E-state index is 0.0241. The second-order valence-corrected chi connectivity index (χ2v) is 12.3. The van der Waals surface area contributed by atoms with Gasteiger partial charge in [0.2, 0.25) is 11.8 Å². The topological polar surface area (TPSA) is 87.1 Å². The summed E-state index contributed by atoms with van der Waals surface area (Å²) < 4.78 is 4.69. The number of hydrogen-bond acceptors (Lipinski definition) is 6. The molecule has 1 aromatic rings. The van der Waals surface area contributed by atoms with Crippen LogP contribution in [0.5, 0.6) is 0 Å². The summed E-state index contributed by atoms with van der Waals surface area (Å²) in [5.74, 6) is -2.12. The highest BCUT2D eigenvalue weighted by atomic mass is 32.2. The van der Waals surface area contributed by atoms with Crippen LogP contribution in [0.3, 0.4) is 0 Å². The van der Waals surface area contributed by atoms with Crippen LogP contribution in [0.25, 0.3) is 0 Å². The van der Waals surface area contributed by atoms with E-state index in [4.69, 9.17) is 4.74 Å². The van der Waals surface area contributed by atoms with Gasteiger partial charge in [-0.2, -0.15) is 0 Å². The Hall–Kier alpha value is -2.58. The first kappa shape index (κ1) is 28.4. The third-order valence-corrected chi connectivity index (χ3v) is 10.6. The van der Waals surface area contributed by atoms with E-state index < -0.39 is 34.6 Å². The molecule has 3 saturated heterocycles. The van der Waals surface area contributed by atoms with E-state index in [1.165, 1.54) is 6.08 Å². The molecule has 4 unspecified atom stereocenters. The number of esters is 1. The van der Waals surface area contributed by atoms with Crippen molar-refractivity contribution in [3.05, 3.63) is 61.2 Å². The van der Waals surface area contributed by atoms with E-state index in [-0.39, 0.29) is 42.2 Å². The first-order valence-corrected chi connectivity index (χ1v) is 14.5. The summed E-state index contributed by atoms with van der Waals surface area (Å²) in [4.78, 5) is 45.8. The predicted octanol–water partition coefficient (Wildman–Crippen LogP) is 3.99. The van der Waals surface area contributed by atoms with Gasteiger partial charge in [0.25, 0.3) is 0 Å². The zero-order chi connectivity index (χ0) is 27.6. The maximum absolute atomic E-state index is 14.6. The number of carbonyl (C=O) groups excluding carboxylic acids is 3. The van der Waals surface area contributed by atoms with Gasteiger partial charge in [0, 0.05) is 17.8 Å². The molecule has 3 aliphatic heterocycles. The Morgan fingerprint density at radius 3 is 2.61 bits per heavy atom. The lowest BCUT2D eigenvalue weighted by molar-refractivity contribution is -0.154. The third-order valence-electron chi connectivity index (χ3n) is 8.57. The van der Waals surface area contributed by atoms with Crippen molar-refractivity contribution in [2.24, 2.45) is 17.8 Å². The first-order chi connectivity index (χ1) is 18.3. The summed E-state index contributed by atoms with van der Waals surface area (Å²) in [6, 6.07) is 7.76. The Kier molecular flexibility index (Phi) is 8.72. The second-order valence-electron chi connectivity index (χ2n) is 10.7. The molecular formula is C30H40N2O5S. The molecule has 2 bridgehead atoms. The maximum atomic E-state index is 14.6. The number of rotatable bonds is 12. The fraction of sp³-hybridized carbons (Fsp3) is 0.567. The Labute approximate surface area is 230 Å². The van der Waals surface area contributed by atoms with Gasteiger partial charge in [-0.05, 0) is 31.2 Å². The van der Waals surface area contributed by atoms with Crippen LogP contribution in [0.15, 0.2) is 55.6 Å². The number of ether oxygens (including phenoxy) is 1. The molecule has 3 fully saturated rings. The van der Waals surface area contributed by atoms with Gasteiger partial charge >= 0.3 is 5.97 Å². The van der Waals surface area contributed by atoms with Crippen molar-refractivity contribution in [2.45, 2.75) is 68.2 Å². The summed E-state index contributed by atoms with van der Waals surface area (Å²) in [6.45, 7) is 13.8. The van der Waals surface area contributed by atoms with Gasteiger partial charge in [-0.25, -0.2) is 0 Å². The van der Waals surface area contributed by atoms with Gasteiger partial charge in [0.1, 0.15) is 12.6 Å². The Balaban J connectivity index is 1.86. The molecule has 0 aliphatic carbocycles. The molecule has 7 nitrogen and oxygen atoms in total. The minimum atomic E-state index is -0.821. The zero-order valence-corrected chi connectivity index (χ0v) is 23.4. The summed E-state index contributed by atoms with van der Waals surface area (Å²) in [5, 5.41) is 10.5. The summed E-state index contributed by atoms with van der Waals surface area (Å²) in [7, 11) is 0. The number of thioether (sulfide) groups is 1. The van der Waals surface area contributed by atoms with Crippen LogP contribution in [-0.4, -0.2) is 74.5 Å². The molecule has 4 rings (SSSR count). The van der Waals surface area contributed by atoms with E-state index in [2.05, 4.69) is 27.0 Å². The molecule has 0 saturated carbocycles. The number of carbonyl (C=O) groups is 3. The fourth-order valence-electron chi connectivity index (χ4n) is 6.97. The van der Waals surface area contributed by atoms with E-state index in [9.17, 15) is 19.5 Å². The van der Waals surface area contributed by atoms with E-state index in [1.54, 1.807) is 22.7 Å². The molecular weight excluding hydrogens is 500 g/mol. The van der Waals surface area contributed by atoms with Gasteiger partial charge in [0.15, 0.2) is 0 Å². The molecule has 1 N–H and O–H groups in total. The largest absolute Gasteiger partial charge is 0.461 e. The van der Waals surface area contributed by atoms with Crippen LogP contribution in [0.4, 0.5) is 0 Å². The number of benzene rings is 1. The minimum Gasteiger partial charge on any atom is -0.461 e. The molecule has 206 valence electrons. The summed E-state index contributed by atoms with van der Waals surface area (Å²) in [6.07, 6.45) is 5.70. The van der Waals surface area contributed by atoms with E-state index in [0.717, 1.165) is 24.8 Å². The smallest absolute Gasteiger partial charge is 0.311 e. The lowest BCUT2D eigenvalue weighted by Crippen LogP contribution is -2.59. The lowest BCUT2D eigenvalue weighted by Gasteiger charge is -2.43. The highest BCUT2D eigenvalue weighted by Gasteiger charge is 2.77. The number of aliphatic hydroxyl groups is 1. The van der Waals surface area contributed by atoms with Crippen LogP contribution in [-0.2, 0) is 19.1 Å². The average Bonchev–Trinajstić information content (AvgIpc) is 3.50. The number of hydrogen-bond donors (Lipinski definition) is 1. The second kappa shape index (κ2) is 11.7. The Morgan fingerprint density at radius 2 is 2.00 bits per heavy atom. The predicted molar refractivity (Wildman–Crippen MR) is 149 cm³/mol. The van der Waals surface area contributed by atoms with Crippen molar-refractivity contribution in [1.29, 1.82) is 0 Å². The standard InChI is InChI=1S/C30H40N2O5S/c1-6-12-20(5)31(15-7-2)28(35)26-30-19(4)17-23(38-30)24(29(36)37-16-8-3)25(30)27(34)32(26)22(18-33)21-13-10-9-11-14-21/h7-11,13-14,19-20,22-26,33H,2-3,6,12,15-18H2,1,4-5H3/t19?,20?,22-,23-,24+,25+,26?,30?/m1/s1. The van der Waals surface area contributed by atoms with E-state index >= 15 is 0 Å². The fourth-order valence-corrected chi connectivity index (χ4v) is 9.36. The zero-order valence-electron chi connectivity index (χ0n) is 22.6. The number of fused-ring (bicyclic) bond motifs is 1. The van der Waals surface area contributed by atoms with Gasteiger partial charge in [-0.15, -0.1) is 18.3 Å². The van der Waals surface area contributed by atoms with Crippen LogP contribution in [0.1, 0.15) is 51.6 Å². The molecule has 3 heterocycles. The van der Waals surface area contributed by atoms with Gasteiger partial charge in [-0.3, -0.25) is 14.4 Å². The molecule has 0 radical (unpaired) electrons. The van der Waals surface area contributed by atoms with Crippen molar-refractivity contribution in [2.75, 3.05) is 19.8 Å². The lowest BCUT2D eigenvalue weighted by atomic mass is 9.66. The molecule has 38 heavy (non-hydrogen) atoms. The number of aliphatic hydroxyl groups excluding tert-OH is 1. The van der Waals surface area contributed by atoms with Gasteiger partial charge in [0.05, 0.1) is 29.2 Å². The van der Waals surface area contributed by atoms with Crippen LogP contribution >= 0.6 is 11.8 Å². The molecule has 1 aromatic carbocycles. The quantitative estimate of drug-likeness (QED) is 0.319. The van der Waals surface area contributed by atoms with Crippen molar-refractivity contribution in [3.8, 4) is 0 Å². The maximum Gasteiger partial charge on any atom is 0.311 e. The first-order valence-electron chi connectivity index (χ1n) is 13.6. The van der Waals surface area contributed by atoms with Crippen LogP contribution < -0.4 is 0 Å². The normalized spacial score (nSPS) is 31.0. The number of nitrogens with zero attached hydrogens (tertiary/aromatic N) is 2. The third kappa shape index (κ3) is 4.49. The van der Waals surface area contributed by atoms with Crippen molar-refractivity contribution in [1.82, 2.24) is 9.80 Å². The highest BCUT2D eigenvalue weighted by molar-refractivity contribution is 8.02. The average molecular weight is 541 g/mol. The van der Waals surface area contributed by atoms with Gasteiger partial charge < -0.3 is 19.6 Å². The monoisotopic (exact) mass is 540 g/mol. The number of likely N-dealkylation sites (tertiary alicyclic amines) is 1. The van der Waals surface area contributed by atoms with E-state index in [0.29, 0.717) is 6.54 Å². The molecule has 8 atom stereocenters. The molecule has 2 amide bonds. The molecule has 0 aromatic heterocycles. The Bertz CT molecular complexity index is 1060. The summed E-state index contributed by atoms with van der Waals surface area (Å²) >= 11 is 1.61. The van der Waals surface area contributed by atoms with Crippen LogP contribution in [0.2, 0.25) is 0 Å². The summed E-state index contributed by atoms with van der Waals surface area (Å²) in [5.41, 5.74) is 0.757. The van der Waals surface area contributed by atoms with Crippen molar-refractivity contribution < 1.29 is 24.2 Å². The Morgan fingerprint density at radius 1 is 1.29 bits per heavy atom. The molecule has 1 spiro atoms. The van der Waals surface area contributed by atoms with Crippen molar-refractivity contribution in [3.63, 3.8) is 0 Å². The number of amides is 2. The van der Waals surface area contributed by atoms with Crippen LogP contribution in [0, 0.1) is 17.8 Å². The van der Waals surface area contributed by atoms with E-state index in [1.807, 2.05) is 42.2 Å². The molecule has 8 heteroatoms.